The molecule has 90 valence electrons. The maximum atomic E-state index is 11.9. The summed E-state index contributed by atoms with van der Waals surface area (Å²) < 4.78 is 1.74. The maximum absolute atomic E-state index is 11.9. The number of aromatic amines is 1. The molecule has 1 fully saturated rings. The fourth-order valence-corrected chi connectivity index (χ4v) is 2.45. The van der Waals surface area contributed by atoms with Crippen molar-refractivity contribution in [1.29, 1.82) is 0 Å². The lowest BCUT2D eigenvalue weighted by Gasteiger charge is -2.28. The van der Waals surface area contributed by atoms with Crippen LogP contribution < -0.4 is 11.0 Å². The molecule has 0 radical (unpaired) electrons. The Hall–Kier alpha value is -2.14. The molecule has 1 aromatic carbocycles. The van der Waals surface area contributed by atoms with Crippen LogP contribution >= 0.6 is 0 Å². The van der Waals surface area contributed by atoms with Gasteiger partial charge in [-0.2, -0.15) is 4.98 Å². The summed E-state index contributed by atoms with van der Waals surface area (Å²) in [6.07, 6.45) is 1.93. The highest BCUT2D eigenvalue weighted by Gasteiger charge is 2.21. The molecule has 4 rings (SSSR count). The lowest BCUT2D eigenvalue weighted by atomic mass is 10.1. The lowest BCUT2D eigenvalue weighted by Crippen LogP contribution is -2.47. The summed E-state index contributed by atoms with van der Waals surface area (Å²) in [5.74, 6) is 0. The average molecular weight is 240 g/mol. The van der Waals surface area contributed by atoms with Crippen molar-refractivity contribution >= 4 is 21.9 Å². The van der Waals surface area contributed by atoms with Gasteiger partial charge in [-0.15, -0.1) is 0 Å². The van der Waals surface area contributed by atoms with Gasteiger partial charge in [0.2, 0.25) is 0 Å². The molecule has 2 N–H and O–H groups in total. The fraction of sp³-hybridized carbons (Fsp3) is 0.231. The van der Waals surface area contributed by atoms with Crippen molar-refractivity contribution in [2.24, 2.45) is 0 Å². The van der Waals surface area contributed by atoms with Gasteiger partial charge in [0.1, 0.15) is 5.65 Å². The van der Waals surface area contributed by atoms with E-state index in [0.29, 0.717) is 5.65 Å². The van der Waals surface area contributed by atoms with E-state index in [1.54, 1.807) is 4.57 Å². The summed E-state index contributed by atoms with van der Waals surface area (Å²) in [5.41, 5.74) is 1.51. The zero-order chi connectivity index (χ0) is 12.1. The summed E-state index contributed by atoms with van der Waals surface area (Å²) in [6, 6.07) is 8.25. The van der Waals surface area contributed by atoms with E-state index in [-0.39, 0.29) is 11.7 Å². The molecule has 0 saturated carbocycles. The summed E-state index contributed by atoms with van der Waals surface area (Å²) in [6.45, 7) is 1.69. The van der Waals surface area contributed by atoms with Gasteiger partial charge < -0.3 is 10.3 Å². The molecule has 5 heteroatoms. The van der Waals surface area contributed by atoms with Crippen LogP contribution in [0.25, 0.3) is 21.9 Å². The largest absolute Gasteiger partial charge is 0.349 e. The second kappa shape index (κ2) is 3.43. The number of aromatic nitrogens is 3. The van der Waals surface area contributed by atoms with Gasteiger partial charge in [-0.1, -0.05) is 18.2 Å². The molecule has 0 atom stereocenters. The number of para-hydroxylation sites is 1. The molecule has 2 aromatic heterocycles. The third-order valence-corrected chi connectivity index (χ3v) is 3.58. The van der Waals surface area contributed by atoms with Crippen LogP contribution in [0.2, 0.25) is 0 Å². The zero-order valence-electron chi connectivity index (χ0n) is 9.68. The van der Waals surface area contributed by atoms with Gasteiger partial charge in [-0.25, -0.2) is 4.79 Å². The van der Waals surface area contributed by atoms with Gasteiger partial charge >= 0.3 is 5.69 Å². The number of nitrogens with one attached hydrogen (secondary N) is 2. The second-order valence-corrected chi connectivity index (χ2v) is 4.68. The molecule has 3 heterocycles. The number of H-pyrrole nitrogens is 1. The van der Waals surface area contributed by atoms with Crippen LogP contribution in [-0.4, -0.2) is 27.6 Å². The van der Waals surface area contributed by atoms with Crippen LogP contribution in [0.15, 0.2) is 35.3 Å². The van der Waals surface area contributed by atoms with E-state index in [2.05, 4.69) is 15.3 Å². The van der Waals surface area contributed by atoms with Crippen LogP contribution in [-0.2, 0) is 0 Å². The topological polar surface area (TPSA) is 62.7 Å². The van der Waals surface area contributed by atoms with Gasteiger partial charge in [0.25, 0.3) is 0 Å². The highest BCUT2D eigenvalue weighted by atomic mass is 16.1. The molecule has 0 bridgehead atoms. The summed E-state index contributed by atoms with van der Waals surface area (Å²) in [4.78, 5) is 19.3. The quantitative estimate of drug-likeness (QED) is 0.667. The summed E-state index contributed by atoms with van der Waals surface area (Å²) in [7, 11) is 0. The van der Waals surface area contributed by atoms with Crippen molar-refractivity contribution < 1.29 is 0 Å². The van der Waals surface area contributed by atoms with Crippen molar-refractivity contribution in [2.75, 3.05) is 13.1 Å². The van der Waals surface area contributed by atoms with Gasteiger partial charge in [-0.05, 0) is 6.07 Å². The van der Waals surface area contributed by atoms with Crippen LogP contribution in [0.5, 0.6) is 0 Å². The van der Waals surface area contributed by atoms with E-state index >= 15 is 0 Å². The van der Waals surface area contributed by atoms with Crippen molar-refractivity contribution in [2.45, 2.75) is 6.04 Å². The lowest BCUT2D eigenvalue weighted by molar-refractivity contribution is 0.333. The molecule has 18 heavy (non-hydrogen) atoms. The fourth-order valence-electron chi connectivity index (χ4n) is 2.45. The van der Waals surface area contributed by atoms with Crippen molar-refractivity contribution in [1.82, 2.24) is 19.9 Å². The molecule has 1 aliphatic heterocycles. The third kappa shape index (κ3) is 1.25. The zero-order valence-corrected chi connectivity index (χ0v) is 9.68. The Labute approximate surface area is 102 Å². The number of hydrogen-bond acceptors (Lipinski definition) is 3. The van der Waals surface area contributed by atoms with E-state index in [1.807, 2.05) is 30.5 Å². The Bertz CT molecular complexity index is 797. The smallest absolute Gasteiger partial charge is 0.339 e. The van der Waals surface area contributed by atoms with Crippen molar-refractivity contribution in [3.8, 4) is 0 Å². The van der Waals surface area contributed by atoms with Crippen LogP contribution in [0, 0.1) is 0 Å². The molecule has 0 spiro atoms. The minimum absolute atomic E-state index is 0.180. The minimum Gasteiger partial charge on any atom is -0.339 e. The first-order valence-corrected chi connectivity index (χ1v) is 6.03. The number of rotatable bonds is 1. The Balaban J connectivity index is 2.07. The summed E-state index contributed by atoms with van der Waals surface area (Å²) in [5, 5.41) is 5.29. The monoisotopic (exact) mass is 240 g/mol. The molecule has 0 aliphatic carbocycles. The highest BCUT2D eigenvalue weighted by Crippen LogP contribution is 2.23. The van der Waals surface area contributed by atoms with Crippen LogP contribution in [0.3, 0.4) is 0 Å². The van der Waals surface area contributed by atoms with E-state index in [4.69, 9.17) is 0 Å². The van der Waals surface area contributed by atoms with Gasteiger partial charge in [0, 0.05) is 35.6 Å². The Morgan fingerprint density at radius 2 is 2.06 bits per heavy atom. The number of benzene rings is 1. The number of hydrogen-bond donors (Lipinski definition) is 2. The second-order valence-electron chi connectivity index (χ2n) is 4.68. The molecular weight excluding hydrogens is 228 g/mol. The number of fused-ring (bicyclic) bond motifs is 3. The minimum atomic E-state index is -0.180. The Kier molecular flexibility index (Phi) is 1.87. The average Bonchev–Trinajstić information content (AvgIpc) is 2.65. The third-order valence-electron chi connectivity index (χ3n) is 3.58. The first-order chi connectivity index (χ1) is 8.83. The Morgan fingerprint density at radius 1 is 1.22 bits per heavy atom. The molecular formula is C13H12N4O. The molecule has 0 amide bonds. The van der Waals surface area contributed by atoms with Crippen LogP contribution in [0.1, 0.15) is 6.04 Å². The normalized spacial score (nSPS) is 16.2. The van der Waals surface area contributed by atoms with Crippen LogP contribution in [0.4, 0.5) is 0 Å². The van der Waals surface area contributed by atoms with E-state index < -0.39 is 0 Å². The maximum Gasteiger partial charge on any atom is 0.349 e. The summed E-state index contributed by atoms with van der Waals surface area (Å²) >= 11 is 0. The molecule has 3 aromatic rings. The molecule has 1 aliphatic rings. The predicted molar refractivity (Wildman–Crippen MR) is 69.8 cm³/mol. The predicted octanol–water partition coefficient (Wildman–Crippen LogP) is 1.02. The standard InChI is InChI=1S/C13H12N4O/c18-13-16-12-10(7-17(13)8-5-14-6-8)9-3-1-2-4-11(9)15-12/h1-4,7-8,14H,5-6H2,(H,15,16,18). The van der Waals surface area contributed by atoms with Crippen molar-refractivity contribution in [3.05, 3.63) is 40.9 Å². The van der Waals surface area contributed by atoms with Crippen molar-refractivity contribution in [3.63, 3.8) is 0 Å². The molecule has 5 nitrogen and oxygen atoms in total. The number of nitrogens with zero attached hydrogens (tertiary/aromatic N) is 2. The first kappa shape index (κ1) is 9.85. The van der Waals surface area contributed by atoms with E-state index in [0.717, 1.165) is 29.4 Å². The molecule has 0 unspecified atom stereocenters. The SMILES string of the molecule is O=c1nc2[nH]c3ccccc3c2cn1C1CNC1. The highest BCUT2D eigenvalue weighted by molar-refractivity contribution is 6.05. The van der Waals surface area contributed by atoms with Gasteiger partial charge in [0.15, 0.2) is 0 Å². The van der Waals surface area contributed by atoms with Gasteiger partial charge in [-0.3, -0.25) is 4.57 Å². The van der Waals surface area contributed by atoms with E-state index in [1.165, 1.54) is 0 Å². The van der Waals surface area contributed by atoms with E-state index in [9.17, 15) is 4.79 Å². The first-order valence-electron chi connectivity index (χ1n) is 6.03. The van der Waals surface area contributed by atoms with Gasteiger partial charge in [0.05, 0.1) is 6.04 Å². The Morgan fingerprint density at radius 3 is 2.83 bits per heavy atom. The molecule has 1 saturated heterocycles.